The highest BCUT2D eigenvalue weighted by atomic mass is 15.2. The molecule has 0 aliphatic carbocycles. The van der Waals surface area contributed by atoms with Crippen molar-refractivity contribution in [1.29, 1.82) is 0 Å². The quantitative estimate of drug-likeness (QED) is 0.735. The molecule has 90 valence electrons. The smallest absolute Gasteiger partial charge is 0.0109 e. The summed E-state index contributed by atoms with van der Waals surface area (Å²) in [6.45, 7) is 9.40. The van der Waals surface area contributed by atoms with E-state index in [4.69, 9.17) is 0 Å². The van der Waals surface area contributed by atoms with E-state index in [1.165, 1.54) is 39.0 Å². The van der Waals surface area contributed by atoms with Gasteiger partial charge in [-0.05, 0) is 40.0 Å². The van der Waals surface area contributed by atoms with Crippen LogP contribution in [-0.4, -0.2) is 62.2 Å². The molecule has 3 heteroatoms. The van der Waals surface area contributed by atoms with Crippen molar-refractivity contribution in [2.24, 2.45) is 0 Å². The number of nitrogens with one attached hydrogen (secondary N) is 1. The molecule has 0 unspecified atom stereocenters. The first kappa shape index (κ1) is 12.9. The first-order valence-corrected chi connectivity index (χ1v) is 6.21. The van der Waals surface area contributed by atoms with Crippen LogP contribution in [0.4, 0.5) is 0 Å². The van der Waals surface area contributed by atoms with Crippen LogP contribution < -0.4 is 5.32 Å². The molecule has 0 atom stereocenters. The highest BCUT2D eigenvalue weighted by molar-refractivity contribution is 4.78. The van der Waals surface area contributed by atoms with Gasteiger partial charge in [-0.2, -0.15) is 0 Å². The van der Waals surface area contributed by atoms with E-state index in [2.05, 4.69) is 43.1 Å². The first-order valence-electron chi connectivity index (χ1n) is 6.21. The van der Waals surface area contributed by atoms with Crippen LogP contribution in [0.3, 0.4) is 0 Å². The molecule has 1 heterocycles. The Morgan fingerprint density at radius 2 is 1.87 bits per heavy atom. The van der Waals surface area contributed by atoms with Crippen molar-refractivity contribution in [2.75, 3.05) is 40.3 Å². The Hall–Kier alpha value is -0.120. The Morgan fingerprint density at radius 1 is 1.27 bits per heavy atom. The predicted octanol–water partition coefficient (Wildman–Crippen LogP) is 1.01. The predicted molar refractivity (Wildman–Crippen MR) is 66.3 cm³/mol. The normalized spacial score (nSPS) is 20.4. The molecular weight excluding hydrogens is 186 g/mol. The SMILES string of the molecule is CC(C)NC1CCN(CCN(C)C)CC1. The summed E-state index contributed by atoms with van der Waals surface area (Å²) in [5.74, 6) is 0. The lowest BCUT2D eigenvalue weighted by Crippen LogP contribution is -2.46. The average molecular weight is 213 g/mol. The molecule has 0 spiro atoms. The van der Waals surface area contributed by atoms with E-state index in [1.54, 1.807) is 0 Å². The maximum absolute atomic E-state index is 3.63. The molecule has 0 aromatic heterocycles. The minimum Gasteiger partial charge on any atom is -0.312 e. The molecule has 1 aliphatic rings. The summed E-state index contributed by atoms with van der Waals surface area (Å²) in [5.41, 5.74) is 0. The van der Waals surface area contributed by atoms with Crippen molar-refractivity contribution >= 4 is 0 Å². The van der Waals surface area contributed by atoms with Crippen molar-refractivity contribution < 1.29 is 0 Å². The molecule has 1 N–H and O–H groups in total. The molecule has 3 nitrogen and oxygen atoms in total. The third kappa shape index (κ3) is 5.50. The topological polar surface area (TPSA) is 18.5 Å². The van der Waals surface area contributed by atoms with E-state index < -0.39 is 0 Å². The number of rotatable bonds is 5. The van der Waals surface area contributed by atoms with Gasteiger partial charge in [-0.1, -0.05) is 13.8 Å². The van der Waals surface area contributed by atoms with Gasteiger partial charge in [0.2, 0.25) is 0 Å². The van der Waals surface area contributed by atoms with Crippen LogP contribution in [0.5, 0.6) is 0 Å². The fourth-order valence-corrected chi connectivity index (χ4v) is 2.14. The summed E-state index contributed by atoms with van der Waals surface area (Å²) < 4.78 is 0. The first-order chi connectivity index (χ1) is 7.08. The molecule has 1 fully saturated rings. The van der Waals surface area contributed by atoms with Crippen LogP contribution in [0, 0.1) is 0 Å². The summed E-state index contributed by atoms with van der Waals surface area (Å²) in [6, 6.07) is 1.38. The lowest BCUT2D eigenvalue weighted by molar-refractivity contribution is 0.179. The molecule has 1 rings (SSSR count). The maximum Gasteiger partial charge on any atom is 0.0109 e. The fourth-order valence-electron chi connectivity index (χ4n) is 2.14. The van der Waals surface area contributed by atoms with Gasteiger partial charge in [0.15, 0.2) is 0 Å². The average Bonchev–Trinajstić information content (AvgIpc) is 2.16. The second-order valence-corrected chi connectivity index (χ2v) is 5.24. The van der Waals surface area contributed by atoms with E-state index >= 15 is 0 Å². The number of hydrogen-bond acceptors (Lipinski definition) is 3. The number of likely N-dealkylation sites (tertiary alicyclic amines) is 1. The van der Waals surface area contributed by atoms with Crippen LogP contribution in [0.15, 0.2) is 0 Å². The summed E-state index contributed by atoms with van der Waals surface area (Å²) in [7, 11) is 4.29. The van der Waals surface area contributed by atoms with Crippen LogP contribution in [0.2, 0.25) is 0 Å². The zero-order valence-corrected chi connectivity index (χ0v) is 10.8. The van der Waals surface area contributed by atoms with Gasteiger partial charge in [0.25, 0.3) is 0 Å². The van der Waals surface area contributed by atoms with E-state index in [-0.39, 0.29) is 0 Å². The summed E-state index contributed by atoms with van der Waals surface area (Å²) in [6.07, 6.45) is 2.62. The van der Waals surface area contributed by atoms with Gasteiger partial charge in [0, 0.05) is 25.2 Å². The Morgan fingerprint density at radius 3 is 2.33 bits per heavy atom. The Labute approximate surface area is 94.8 Å². The summed E-state index contributed by atoms with van der Waals surface area (Å²) >= 11 is 0. The number of nitrogens with zero attached hydrogens (tertiary/aromatic N) is 2. The van der Waals surface area contributed by atoms with Gasteiger partial charge in [-0.25, -0.2) is 0 Å². The van der Waals surface area contributed by atoms with Crippen LogP contribution in [-0.2, 0) is 0 Å². The number of hydrogen-bond donors (Lipinski definition) is 1. The Balaban J connectivity index is 2.12. The highest BCUT2D eigenvalue weighted by Gasteiger charge is 2.18. The highest BCUT2D eigenvalue weighted by Crippen LogP contribution is 2.10. The summed E-state index contributed by atoms with van der Waals surface area (Å²) in [5, 5.41) is 3.63. The minimum absolute atomic E-state index is 0.628. The van der Waals surface area contributed by atoms with Gasteiger partial charge in [-0.3, -0.25) is 0 Å². The Kier molecular flexibility index (Phi) is 5.58. The Bertz CT molecular complexity index is 160. The van der Waals surface area contributed by atoms with Crippen LogP contribution in [0.25, 0.3) is 0 Å². The van der Waals surface area contributed by atoms with E-state index in [1.807, 2.05) is 0 Å². The summed E-state index contributed by atoms with van der Waals surface area (Å²) in [4.78, 5) is 4.84. The van der Waals surface area contributed by atoms with E-state index in [0.717, 1.165) is 6.04 Å². The standard InChI is InChI=1S/C12H27N3/c1-11(2)13-12-5-7-15(8-6-12)10-9-14(3)4/h11-13H,5-10H2,1-4H3. The van der Waals surface area contributed by atoms with Crippen molar-refractivity contribution in [3.05, 3.63) is 0 Å². The molecule has 0 aromatic carbocycles. The molecule has 15 heavy (non-hydrogen) atoms. The second kappa shape index (κ2) is 6.46. The second-order valence-electron chi connectivity index (χ2n) is 5.24. The van der Waals surface area contributed by atoms with Gasteiger partial charge in [-0.15, -0.1) is 0 Å². The van der Waals surface area contributed by atoms with Crippen molar-refractivity contribution in [3.8, 4) is 0 Å². The fraction of sp³-hybridized carbons (Fsp3) is 1.00. The molecule has 0 aromatic rings. The molecule has 1 aliphatic heterocycles. The number of likely N-dealkylation sites (N-methyl/N-ethyl adjacent to an activating group) is 1. The lowest BCUT2D eigenvalue weighted by Gasteiger charge is -2.33. The van der Waals surface area contributed by atoms with E-state index in [9.17, 15) is 0 Å². The van der Waals surface area contributed by atoms with Gasteiger partial charge >= 0.3 is 0 Å². The minimum atomic E-state index is 0.628. The van der Waals surface area contributed by atoms with E-state index in [0.29, 0.717) is 6.04 Å². The maximum atomic E-state index is 3.63. The molecular formula is C12H27N3. The molecule has 0 saturated carbocycles. The molecule has 1 saturated heterocycles. The molecule has 0 bridgehead atoms. The van der Waals surface area contributed by atoms with Crippen LogP contribution >= 0.6 is 0 Å². The lowest BCUT2D eigenvalue weighted by atomic mass is 10.0. The number of piperidine rings is 1. The zero-order valence-electron chi connectivity index (χ0n) is 10.8. The van der Waals surface area contributed by atoms with Gasteiger partial charge < -0.3 is 15.1 Å². The molecule has 0 radical (unpaired) electrons. The third-order valence-corrected chi connectivity index (χ3v) is 3.02. The van der Waals surface area contributed by atoms with Crippen LogP contribution in [0.1, 0.15) is 26.7 Å². The third-order valence-electron chi connectivity index (χ3n) is 3.02. The monoisotopic (exact) mass is 213 g/mol. The van der Waals surface area contributed by atoms with Crippen molar-refractivity contribution in [1.82, 2.24) is 15.1 Å². The van der Waals surface area contributed by atoms with Gasteiger partial charge in [0.1, 0.15) is 0 Å². The van der Waals surface area contributed by atoms with Crippen molar-refractivity contribution in [3.63, 3.8) is 0 Å². The largest absolute Gasteiger partial charge is 0.312 e. The van der Waals surface area contributed by atoms with Gasteiger partial charge in [0.05, 0.1) is 0 Å². The van der Waals surface area contributed by atoms with Crippen molar-refractivity contribution in [2.45, 2.75) is 38.8 Å². The molecule has 0 amide bonds. The zero-order chi connectivity index (χ0) is 11.3.